The summed E-state index contributed by atoms with van der Waals surface area (Å²) in [4.78, 5) is 56.5. The van der Waals surface area contributed by atoms with Crippen LogP contribution < -0.4 is 16.4 Å². The fraction of sp³-hybridized carbons (Fsp3) is 0.783. The Bertz CT molecular complexity index is 673. The van der Waals surface area contributed by atoms with Gasteiger partial charge in [-0.3, -0.25) is 14.4 Å². The fourth-order valence-electron chi connectivity index (χ4n) is 2.09. The van der Waals surface area contributed by atoms with E-state index in [1.54, 1.807) is 41.5 Å². The highest BCUT2D eigenvalue weighted by Gasteiger charge is 2.28. The van der Waals surface area contributed by atoms with E-state index in [0.29, 0.717) is 12.9 Å². The van der Waals surface area contributed by atoms with Gasteiger partial charge in [0.25, 0.3) is 6.47 Å². The van der Waals surface area contributed by atoms with Crippen LogP contribution in [0.1, 0.15) is 88.0 Å². The Labute approximate surface area is 202 Å². The van der Waals surface area contributed by atoms with Crippen LogP contribution in [0.25, 0.3) is 0 Å². The summed E-state index contributed by atoms with van der Waals surface area (Å²) < 4.78 is 15.1. The Morgan fingerprint density at radius 3 is 1.76 bits per heavy atom. The van der Waals surface area contributed by atoms with Crippen LogP contribution in [-0.4, -0.2) is 59.7 Å². The highest BCUT2D eigenvalue weighted by atomic mass is 16.6. The lowest BCUT2D eigenvalue weighted by molar-refractivity contribution is -0.158. The molecule has 0 aromatic heterocycles. The molecule has 11 heteroatoms. The summed E-state index contributed by atoms with van der Waals surface area (Å²) in [5, 5.41) is 5.03. The molecule has 0 aliphatic heterocycles. The molecule has 4 N–H and O–H groups in total. The molecular formula is C23H43N3O8. The number of nitrogens with two attached hydrogens (primary N) is 1. The normalized spacial score (nSPS) is 12.3. The SMILES string of the molecule is CC(C)(C)OC(=O)CCC(NC(=O)NCCCC(N)=O)C(=O)OC(C)(C)C.CC(C)(C)OC=O. The minimum absolute atomic E-state index is 0.0402. The topological polar surface area (TPSA) is 163 Å². The van der Waals surface area contributed by atoms with Gasteiger partial charge in [-0.15, -0.1) is 0 Å². The van der Waals surface area contributed by atoms with Crippen molar-refractivity contribution in [2.24, 2.45) is 5.73 Å². The van der Waals surface area contributed by atoms with Gasteiger partial charge in [0.05, 0.1) is 0 Å². The number of primary amides is 1. The lowest BCUT2D eigenvalue weighted by Gasteiger charge is -2.25. The molecule has 0 radical (unpaired) electrons. The van der Waals surface area contributed by atoms with Crippen LogP contribution >= 0.6 is 0 Å². The maximum absolute atomic E-state index is 12.3. The third-order valence-corrected chi connectivity index (χ3v) is 3.34. The molecule has 3 amide bonds. The standard InChI is InChI=1S/C18H33N3O6.C5H10O2/c1-17(2,3)26-14(23)10-9-12(15(24)27-18(4,5)6)21-16(25)20-11-7-8-13(19)22;1-5(2,3)7-4-6/h12H,7-11H2,1-6H3,(H2,19,22)(H2,20,21,25);4H,1-3H3. The van der Waals surface area contributed by atoms with Crippen molar-refractivity contribution in [3.8, 4) is 0 Å². The molecule has 1 unspecified atom stereocenters. The Kier molecular flexibility index (Phi) is 14.8. The summed E-state index contributed by atoms with van der Waals surface area (Å²) in [5.74, 6) is -1.57. The van der Waals surface area contributed by atoms with Crippen LogP contribution in [0.3, 0.4) is 0 Å². The molecule has 0 rings (SSSR count). The number of amides is 3. The zero-order valence-corrected chi connectivity index (χ0v) is 22.0. The van der Waals surface area contributed by atoms with Gasteiger partial charge in [-0.05, 0) is 75.2 Å². The molecule has 0 bridgehead atoms. The fourth-order valence-corrected chi connectivity index (χ4v) is 2.09. The molecule has 198 valence electrons. The van der Waals surface area contributed by atoms with Gasteiger partial charge in [0.1, 0.15) is 22.8 Å². The first kappa shape index (κ1) is 33.3. The van der Waals surface area contributed by atoms with Crippen LogP contribution in [0.5, 0.6) is 0 Å². The first-order valence-corrected chi connectivity index (χ1v) is 11.1. The van der Waals surface area contributed by atoms with E-state index < -0.39 is 41.1 Å². The van der Waals surface area contributed by atoms with Gasteiger partial charge in [-0.25, -0.2) is 9.59 Å². The number of hydrogen-bond acceptors (Lipinski definition) is 8. The predicted molar refractivity (Wildman–Crippen MR) is 127 cm³/mol. The molecule has 0 heterocycles. The molecule has 0 aliphatic carbocycles. The molecule has 0 fully saturated rings. The molecule has 0 spiro atoms. The van der Waals surface area contributed by atoms with Crippen molar-refractivity contribution in [2.45, 2.75) is 111 Å². The first-order chi connectivity index (χ1) is 15.3. The Balaban J connectivity index is 0. The monoisotopic (exact) mass is 489 g/mol. The van der Waals surface area contributed by atoms with Crippen LogP contribution in [0.15, 0.2) is 0 Å². The lowest BCUT2D eigenvalue weighted by Crippen LogP contribution is -2.48. The first-order valence-electron chi connectivity index (χ1n) is 11.1. The maximum Gasteiger partial charge on any atom is 0.329 e. The van der Waals surface area contributed by atoms with Gasteiger partial charge < -0.3 is 30.6 Å². The van der Waals surface area contributed by atoms with E-state index in [2.05, 4.69) is 15.4 Å². The Morgan fingerprint density at radius 2 is 1.38 bits per heavy atom. The van der Waals surface area contributed by atoms with Crippen molar-refractivity contribution in [3.05, 3.63) is 0 Å². The summed E-state index contributed by atoms with van der Waals surface area (Å²) in [5.41, 5.74) is 3.34. The van der Waals surface area contributed by atoms with Crippen molar-refractivity contribution in [1.82, 2.24) is 10.6 Å². The number of carbonyl (C=O) groups is 5. The quantitative estimate of drug-likeness (QED) is 0.182. The summed E-state index contributed by atoms with van der Waals surface area (Å²) in [6.45, 7) is 16.5. The number of urea groups is 1. The highest BCUT2D eigenvalue weighted by Crippen LogP contribution is 2.13. The summed E-state index contributed by atoms with van der Waals surface area (Å²) in [6, 6.07) is -1.60. The number of esters is 2. The van der Waals surface area contributed by atoms with E-state index in [1.165, 1.54) is 0 Å². The zero-order chi connectivity index (χ0) is 27.2. The Morgan fingerprint density at radius 1 is 0.853 bits per heavy atom. The second-order valence-corrected chi connectivity index (χ2v) is 10.5. The second kappa shape index (κ2) is 15.1. The molecule has 34 heavy (non-hydrogen) atoms. The van der Waals surface area contributed by atoms with E-state index in [0.717, 1.165) is 0 Å². The van der Waals surface area contributed by atoms with E-state index in [1.807, 2.05) is 20.8 Å². The van der Waals surface area contributed by atoms with Crippen molar-refractivity contribution < 1.29 is 38.2 Å². The number of carbonyl (C=O) groups excluding carboxylic acids is 5. The molecule has 0 aromatic carbocycles. The van der Waals surface area contributed by atoms with Crippen molar-refractivity contribution in [1.29, 1.82) is 0 Å². The molecular weight excluding hydrogens is 446 g/mol. The summed E-state index contributed by atoms with van der Waals surface area (Å²) in [7, 11) is 0. The summed E-state index contributed by atoms with van der Waals surface area (Å²) in [6.07, 6.45) is 0.522. The van der Waals surface area contributed by atoms with Gasteiger partial charge >= 0.3 is 18.0 Å². The Hall–Kier alpha value is -2.85. The van der Waals surface area contributed by atoms with Crippen LogP contribution in [0.2, 0.25) is 0 Å². The van der Waals surface area contributed by atoms with Gasteiger partial charge in [0.15, 0.2) is 0 Å². The van der Waals surface area contributed by atoms with Gasteiger partial charge in [0.2, 0.25) is 5.91 Å². The van der Waals surface area contributed by atoms with E-state index in [4.69, 9.17) is 15.2 Å². The smallest absolute Gasteiger partial charge is 0.329 e. The van der Waals surface area contributed by atoms with Crippen molar-refractivity contribution in [3.63, 3.8) is 0 Å². The lowest BCUT2D eigenvalue weighted by atomic mass is 10.1. The maximum atomic E-state index is 12.3. The predicted octanol–water partition coefficient (Wildman–Crippen LogP) is 2.34. The molecule has 0 aliphatic rings. The number of rotatable bonds is 10. The third-order valence-electron chi connectivity index (χ3n) is 3.34. The molecule has 0 saturated carbocycles. The van der Waals surface area contributed by atoms with Crippen LogP contribution in [0, 0.1) is 0 Å². The van der Waals surface area contributed by atoms with Gasteiger partial charge in [0, 0.05) is 19.4 Å². The van der Waals surface area contributed by atoms with E-state index >= 15 is 0 Å². The van der Waals surface area contributed by atoms with Gasteiger partial charge in [-0.2, -0.15) is 0 Å². The second-order valence-electron chi connectivity index (χ2n) is 10.5. The van der Waals surface area contributed by atoms with E-state index in [-0.39, 0.29) is 31.4 Å². The zero-order valence-electron chi connectivity index (χ0n) is 22.0. The molecule has 0 aromatic rings. The average molecular weight is 490 g/mol. The number of hydrogen-bond donors (Lipinski definition) is 3. The summed E-state index contributed by atoms with van der Waals surface area (Å²) >= 11 is 0. The van der Waals surface area contributed by atoms with Crippen molar-refractivity contribution in [2.75, 3.05) is 6.54 Å². The van der Waals surface area contributed by atoms with Crippen LogP contribution in [-0.2, 0) is 33.4 Å². The number of ether oxygens (including phenoxy) is 3. The minimum atomic E-state index is -1.01. The molecule has 0 saturated heterocycles. The average Bonchev–Trinajstić information content (AvgIpc) is 2.58. The number of nitrogens with one attached hydrogen (secondary N) is 2. The highest BCUT2D eigenvalue weighted by molar-refractivity contribution is 5.84. The molecule has 1 atom stereocenters. The molecule has 11 nitrogen and oxygen atoms in total. The van der Waals surface area contributed by atoms with Crippen molar-refractivity contribution >= 4 is 30.3 Å². The van der Waals surface area contributed by atoms with Crippen LogP contribution in [0.4, 0.5) is 4.79 Å². The largest absolute Gasteiger partial charge is 0.462 e. The third kappa shape index (κ3) is 23.8. The van der Waals surface area contributed by atoms with E-state index in [9.17, 15) is 24.0 Å². The minimum Gasteiger partial charge on any atom is -0.462 e. The van der Waals surface area contributed by atoms with Gasteiger partial charge in [-0.1, -0.05) is 0 Å².